The molecule has 190 valence electrons. The average Bonchev–Trinajstić information content (AvgIpc) is 2.93. The number of carbonyl (C=O) groups excluding carboxylic acids is 1. The van der Waals surface area contributed by atoms with E-state index in [2.05, 4.69) is 53.1 Å². The molecule has 0 atom stereocenters. The fourth-order valence-electron chi connectivity index (χ4n) is 5.38. The van der Waals surface area contributed by atoms with Gasteiger partial charge in [0.05, 0.1) is 11.1 Å². The van der Waals surface area contributed by atoms with Crippen molar-refractivity contribution in [3.8, 4) is 16.9 Å². The van der Waals surface area contributed by atoms with E-state index in [4.69, 9.17) is 9.84 Å². The lowest BCUT2D eigenvalue weighted by Crippen LogP contribution is -2.40. The second-order valence-electron chi connectivity index (χ2n) is 9.95. The van der Waals surface area contributed by atoms with Gasteiger partial charge in [-0.05, 0) is 71.9 Å². The van der Waals surface area contributed by atoms with Gasteiger partial charge in [0.15, 0.2) is 0 Å². The summed E-state index contributed by atoms with van der Waals surface area (Å²) in [5.41, 5.74) is 5.36. The standard InChI is InChI=1S/C31H32N2O4/c34-29(35)14-9-22-5-4-6-26(19-22)33-30(36)31(15-2-1-3-16-31)21-23-7-10-24(11-8-23)25-12-13-27-28(20-25)37-18-17-32-27/h4-14,19-20,32H,1-3,15-18,21H2,(H,33,36)(H,34,35)/b14-9+. The summed E-state index contributed by atoms with van der Waals surface area (Å²) in [6, 6.07) is 22.1. The first-order chi connectivity index (χ1) is 18.0. The number of hydrogen-bond acceptors (Lipinski definition) is 4. The molecule has 0 unspecified atom stereocenters. The van der Waals surface area contributed by atoms with Crippen LogP contribution in [0, 0.1) is 5.41 Å². The summed E-state index contributed by atoms with van der Waals surface area (Å²) in [6.45, 7) is 1.49. The second-order valence-corrected chi connectivity index (χ2v) is 9.95. The van der Waals surface area contributed by atoms with Crippen LogP contribution in [0.25, 0.3) is 17.2 Å². The van der Waals surface area contributed by atoms with Crippen molar-refractivity contribution in [2.75, 3.05) is 23.8 Å². The number of aliphatic carboxylic acids is 1. The van der Waals surface area contributed by atoms with Gasteiger partial charge in [-0.2, -0.15) is 0 Å². The molecule has 0 spiro atoms. The first-order valence-corrected chi connectivity index (χ1v) is 12.9. The predicted octanol–water partition coefficient (Wildman–Crippen LogP) is 6.39. The molecular weight excluding hydrogens is 464 g/mol. The van der Waals surface area contributed by atoms with Crippen molar-refractivity contribution in [1.29, 1.82) is 0 Å². The van der Waals surface area contributed by atoms with Gasteiger partial charge in [0.25, 0.3) is 0 Å². The molecule has 0 saturated heterocycles. The zero-order valence-corrected chi connectivity index (χ0v) is 20.8. The summed E-state index contributed by atoms with van der Waals surface area (Å²) in [5, 5.41) is 15.4. The smallest absolute Gasteiger partial charge is 0.328 e. The van der Waals surface area contributed by atoms with Crippen molar-refractivity contribution in [3.63, 3.8) is 0 Å². The molecule has 1 aliphatic heterocycles. The quantitative estimate of drug-likeness (QED) is 0.330. The van der Waals surface area contributed by atoms with Gasteiger partial charge in [-0.25, -0.2) is 4.79 Å². The summed E-state index contributed by atoms with van der Waals surface area (Å²) >= 11 is 0. The third-order valence-electron chi connectivity index (χ3n) is 7.34. The molecule has 6 nitrogen and oxygen atoms in total. The summed E-state index contributed by atoms with van der Waals surface area (Å²) in [6.07, 6.45) is 8.25. The summed E-state index contributed by atoms with van der Waals surface area (Å²) < 4.78 is 5.79. The first kappa shape index (κ1) is 24.6. The maximum atomic E-state index is 13.7. The fourth-order valence-corrected chi connectivity index (χ4v) is 5.38. The van der Waals surface area contributed by atoms with Crippen LogP contribution in [0.5, 0.6) is 5.75 Å². The van der Waals surface area contributed by atoms with Gasteiger partial charge in [-0.3, -0.25) is 4.79 Å². The number of amides is 1. The molecule has 0 bridgehead atoms. The number of fused-ring (bicyclic) bond motifs is 1. The number of carboxylic acids is 1. The lowest BCUT2D eigenvalue weighted by atomic mass is 9.69. The van der Waals surface area contributed by atoms with Gasteiger partial charge in [0, 0.05) is 18.3 Å². The monoisotopic (exact) mass is 496 g/mol. The Morgan fingerprint density at radius 3 is 2.54 bits per heavy atom. The molecule has 3 aromatic carbocycles. The Morgan fingerprint density at radius 1 is 0.973 bits per heavy atom. The molecule has 1 fully saturated rings. The Kier molecular flexibility index (Phi) is 7.26. The van der Waals surface area contributed by atoms with Crippen molar-refractivity contribution in [1.82, 2.24) is 0 Å². The van der Waals surface area contributed by atoms with Crippen molar-refractivity contribution < 1.29 is 19.4 Å². The Balaban J connectivity index is 1.32. The molecular formula is C31H32N2O4. The topological polar surface area (TPSA) is 87.7 Å². The van der Waals surface area contributed by atoms with Crippen molar-refractivity contribution >= 4 is 29.3 Å². The summed E-state index contributed by atoms with van der Waals surface area (Å²) in [5.74, 6) is -0.0817. The van der Waals surface area contributed by atoms with Crippen LogP contribution in [0.2, 0.25) is 0 Å². The normalized spacial score (nSPS) is 16.3. The molecule has 0 radical (unpaired) electrons. The molecule has 1 amide bonds. The highest BCUT2D eigenvalue weighted by Gasteiger charge is 2.39. The molecule has 3 aromatic rings. The number of carboxylic acid groups (broad SMARTS) is 1. The summed E-state index contributed by atoms with van der Waals surface area (Å²) in [7, 11) is 0. The van der Waals surface area contributed by atoms with Crippen LogP contribution in [0.1, 0.15) is 43.2 Å². The first-order valence-electron chi connectivity index (χ1n) is 12.9. The third-order valence-corrected chi connectivity index (χ3v) is 7.34. The van der Waals surface area contributed by atoms with Crippen LogP contribution in [0.3, 0.4) is 0 Å². The van der Waals surface area contributed by atoms with Gasteiger partial charge >= 0.3 is 5.97 Å². The second kappa shape index (κ2) is 10.9. The van der Waals surface area contributed by atoms with Crippen LogP contribution in [-0.4, -0.2) is 30.1 Å². The van der Waals surface area contributed by atoms with Gasteiger partial charge < -0.3 is 20.5 Å². The Bertz CT molecular complexity index is 1310. The maximum Gasteiger partial charge on any atom is 0.328 e. The molecule has 3 N–H and O–H groups in total. The Morgan fingerprint density at radius 2 is 1.76 bits per heavy atom. The van der Waals surface area contributed by atoms with E-state index in [1.165, 1.54) is 6.08 Å². The zero-order chi connectivity index (χ0) is 25.7. The highest BCUT2D eigenvalue weighted by Crippen LogP contribution is 2.41. The molecule has 37 heavy (non-hydrogen) atoms. The van der Waals surface area contributed by atoms with E-state index in [0.717, 1.165) is 78.4 Å². The molecule has 2 aliphatic rings. The molecule has 1 heterocycles. The number of nitrogens with one attached hydrogen (secondary N) is 2. The number of benzene rings is 3. The number of rotatable bonds is 7. The number of ether oxygens (including phenoxy) is 1. The van der Waals surface area contributed by atoms with E-state index in [1.807, 2.05) is 18.2 Å². The maximum absolute atomic E-state index is 13.7. The fraction of sp³-hybridized carbons (Fsp3) is 0.290. The minimum absolute atomic E-state index is 0.0370. The molecule has 1 aliphatic carbocycles. The SMILES string of the molecule is O=C(O)/C=C/c1cccc(NC(=O)C2(Cc3ccc(-c4ccc5c(c4)OCCN5)cc3)CCCCC2)c1. The van der Waals surface area contributed by atoms with Crippen molar-refractivity contribution in [3.05, 3.63) is 83.9 Å². The Labute approximate surface area is 217 Å². The zero-order valence-electron chi connectivity index (χ0n) is 20.8. The van der Waals surface area contributed by atoms with Gasteiger partial charge in [-0.15, -0.1) is 0 Å². The largest absolute Gasteiger partial charge is 0.490 e. The average molecular weight is 497 g/mol. The van der Waals surface area contributed by atoms with Crippen molar-refractivity contribution in [2.24, 2.45) is 5.41 Å². The van der Waals surface area contributed by atoms with E-state index in [0.29, 0.717) is 18.7 Å². The summed E-state index contributed by atoms with van der Waals surface area (Å²) in [4.78, 5) is 24.5. The van der Waals surface area contributed by atoms with Crippen molar-refractivity contribution in [2.45, 2.75) is 38.5 Å². The predicted molar refractivity (Wildman–Crippen MR) is 147 cm³/mol. The number of hydrogen-bond donors (Lipinski definition) is 3. The third kappa shape index (κ3) is 5.85. The van der Waals surface area contributed by atoms with Crippen LogP contribution < -0.4 is 15.4 Å². The van der Waals surface area contributed by atoms with Crippen LogP contribution >= 0.6 is 0 Å². The number of anilines is 2. The molecule has 1 saturated carbocycles. The molecule has 5 rings (SSSR count). The molecule has 6 heteroatoms. The van der Waals surface area contributed by atoms with E-state index < -0.39 is 11.4 Å². The Hall–Kier alpha value is -4.06. The van der Waals surface area contributed by atoms with E-state index in [1.54, 1.807) is 6.07 Å². The minimum atomic E-state index is -1.00. The highest BCUT2D eigenvalue weighted by molar-refractivity contribution is 5.96. The lowest BCUT2D eigenvalue weighted by Gasteiger charge is -2.36. The minimum Gasteiger partial charge on any atom is -0.490 e. The van der Waals surface area contributed by atoms with Crippen LogP contribution in [0.15, 0.2) is 72.8 Å². The van der Waals surface area contributed by atoms with Gasteiger partial charge in [0.2, 0.25) is 5.91 Å². The van der Waals surface area contributed by atoms with Gasteiger partial charge in [-0.1, -0.05) is 61.7 Å². The van der Waals surface area contributed by atoms with E-state index >= 15 is 0 Å². The number of carbonyl (C=O) groups is 2. The highest BCUT2D eigenvalue weighted by atomic mass is 16.5. The lowest BCUT2D eigenvalue weighted by molar-refractivity contribution is -0.131. The van der Waals surface area contributed by atoms with E-state index in [-0.39, 0.29) is 5.91 Å². The van der Waals surface area contributed by atoms with Crippen LogP contribution in [-0.2, 0) is 16.0 Å². The van der Waals surface area contributed by atoms with E-state index in [9.17, 15) is 9.59 Å². The molecule has 0 aromatic heterocycles. The van der Waals surface area contributed by atoms with Gasteiger partial charge in [0.1, 0.15) is 12.4 Å². The van der Waals surface area contributed by atoms with Crippen LogP contribution in [0.4, 0.5) is 11.4 Å².